The molecule has 2 aromatic rings. The maximum atomic E-state index is 4.35. The number of nitrogens with one attached hydrogen (secondary N) is 1. The summed E-state index contributed by atoms with van der Waals surface area (Å²) in [6.45, 7) is 2.96. The van der Waals surface area contributed by atoms with E-state index in [0.29, 0.717) is 0 Å². The molecule has 0 saturated carbocycles. The van der Waals surface area contributed by atoms with Gasteiger partial charge in [0.1, 0.15) is 5.69 Å². The lowest BCUT2D eigenvalue weighted by Crippen LogP contribution is -2.02. The Bertz CT molecular complexity index is 579. The molecule has 0 unspecified atom stereocenters. The van der Waals surface area contributed by atoms with Gasteiger partial charge in [-0.05, 0) is 30.0 Å². The molecule has 0 bridgehead atoms. The van der Waals surface area contributed by atoms with Crippen LogP contribution in [0.5, 0.6) is 0 Å². The highest BCUT2D eigenvalue weighted by atomic mass is 14.9. The third-order valence-electron chi connectivity index (χ3n) is 3.00. The molecule has 1 heterocycles. The Kier molecular flexibility index (Phi) is 5.67. The molecule has 0 fully saturated rings. The van der Waals surface area contributed by atoms with Crippen molar-refractivity contribution >= 4 is 5.69 Å². The van der Waals surface area contributed by atoms with Crippen LogP contribution < -0.4 is 5.32 Å². The highest BCUT2D eigenvalue weighted by Crippen LogP contribution is 2.12. The molecule has 1 aromatic carbocycles. The summed E-state index contributed by atoms with van der Waals surface area (Å²) in [4.78, 5) is 4.35. The minimum Gasteiger partial charge on any atom is -0.379 e. The third-order valence-corrected chi connectivity index (χ3v) is 3.00. The summed E-state index contributed by atoms with van der Waals surface area (Å²) in [5.74, 6) is 6.35. The van der Waals surface area contributed by atoms with Crippen molar-refractivity contribution in [2.45, 2.75) is 32.7 Å². The first-order valence-electron chi connectivity index (χ1n) is 7.12. The normalized spacial score (nSPS) is 9.65. The Morgan fingerprint density at radius 3 is 2.75 bits per heavy atom. The zero-order valence-electron chi connectivity index (χ0n) is 11.9. The van der Waals surface area contributed by atoms with Crippen LogP contribution in [0.3, 0.4) is 0 Å². The summed E-state index contributed by atoms with van der Waals surface area (Å²) in [7, 11) is 0. The van der Waals surface area contributed by atoms with E-state index in [0.717, 1.165) is 30.8 Å². The van der Waals surface area contributed by atoms with E-state index in [9.17, 15) is 0 Å². The number of pyridine rings is 1. The molecule has 0 aliphatic rings. The molecule has 1 N–H and O–H groups in total. The minimum absolute atomic E-state index is 0.788. The van der Waals surface area contributed by atoms with Gasteiger partial charge in [-0.2, -0.15) is 0 Å². The van der Waals surface area contributed by atoms with Gasteiger partial charge in [-0.3, -0.25) is 0 Å². The van der Waals surface area contributed by atoms with Gasteiger partial charge in [0.15, 0.2) is 0 Å². The largest absolute Gasteiger partial charge is 0.379 e. The molecule has 0 aliphatic carbocycles. The Balaban J connectivity index is 2.02. The van der Waals surface area contributed by atoms with Crippen molar-refractivity contribution in [3.63, 3.8) is 0 Å². The summed E-state index contributed by atoms with van der Waals surface area (Å²) in [6, 6.07) is 14.3. The highest BCUT2D eigenvalue weighted by Gasteiger charge is 1.99. The zero-order chi connectivity index (χ0) is 14.0. The van der Waals surface area contributed by atoms with Crippen molar-refractivity contribution in [2.75, 3.05) is 5.32 Å². The average molecular weight is 264 g/mol. The second-order valence-corrected chi connectivity index (χ2v) is 4.64. The Hall–Kier alpha value is -2.27. The van der Waals surface area contributed by atoms with Crippen molar-refractivity contribution in [2.24, 2.45) is 0 Å². The summed E-state index contributed by atoms with van der Waals surface area (Å²) < 4.78 is 0. The van der Waals surface area contributed by atoms with Gasteiger partial charge < -0.3 is 5.32 Å². The average Bonchev–Trinajstić information content (AvgIpc) is 2.51. The van der Waals surface area contributed by atoms with Crippen LogP contribution in [0.4, 0.5) is 5.69 Å². The first-order valence-corrected chi connectivity index (χ1v) is 7.12. The van der Waals surface area contributed by atoms with Crippen LogP contribution in [-0.4, -0.2) is 4.98 Å². The van der Waals surface area contributed by atoms with Crippen LogP contribution in [0.25, 0.3) is 0 Å². The number of hydrogen-bond acceptors (Lipinski definition) is 2. The fourth-order valence-electron chi connectivity index (χ4n) is 1.85. The molecule has 0 atom stereocenters. The molecule has 20 heavy (non-hydrogen) atoms. The molecule has 1 aromatic heterocycles. The predicted octanol–water partition coefficient (Wildman–Crippen LogP) is 4.24. The van der Waals surface area contributed by atoms with Gasteiger partial charge in [-0.1, -0.05) is 49.6 Å². The monoisotopic (exact) mass is 264 g/mol. The third kappa shape index (κ3) is 4.44. The molecule has 0 aliphatic heterocycles. The van der Waals surface area contributed by atoms with E-state index in [4.69, 9.17) is 0 Å². The first-order chi connectivity index (χ1) is 9.90. The smallest absolute Gasteiger partial charge is 0.136 e. The van der Waals surface area contributed by atoms with Gasteiger partial charge >= 0.3 is 0 Å². The van der Waals surface area contributed by atoms with Crippen molar-refractivity contribution in [1.82, 2.24) is 4.98 Å². The Labute approximate surface area is 121 Å². The van der Waals surface area contributed by atoms with Gasteiger partial charge in [0.05, 0.1) is 5.69 Å². The second-order valence-electron chi connectivity index (χ2n) is 4.64. The Morgan fingerprint density at radius 2 is 1.95 bits per heavy atom. The molecule has 0 saturated heterocycles. The quantitative estimate of drug-likeness (QED) is 0.645. The molecular weight excluding hydrogens is 244 g/mol. The number of rotatable bonds is 5. The van der Waals surface area contributed by atoms with Crippen molar-refractivity contribution in [3.8, 4) is 11.8 Å². The van der Waals surface area contributed by atoms with Gasteiger partial charge in [0.25, 0.3) is 0 Å². The van der Waals surface area contributed by atoms with Gasteiger partial charge in [-0.25, -0.2) is 4.98 Å². The topological polar surface area (TPSA) is 24.9 Å². The number of hydrogen-bond donors (Lipinski definition) is 1. The summed E-state index contributed by atoms with van der Waals surface area (Å²) in [6.07, 6.45) is 5.05. The number of aromatic nitrogens is 1. The number of unbranched alkanes of at least 4 members (excludes halogenated alkanes) is 2. The molecule has 0 spiro atoms. The lowest BCUT2D eigenvalue weighted by atomic mass is 10.2. The van der Waals surface area contributed by atoms with Crippen molar-refractivity contribution < 1.29 is 0 Å². The second kappa shape index (κ2) is 8.01. The van der Waals surface area contributed by atoms with Gasteiger partial charge in [0, 0.05) is 19.2 Å². The van der Waals surface area contributed by atoms with Crippen LogP contribution in [-0.2, 0) is 6.54 Å². The van der Waals surface area contributed by atoms with E-state index >= 15 is 0 Å². The van der Waals surface area contributed by atoms with Crippen LogP contribution in [0, 0.1) is 11.8 Å². The van der Waals surface area contributed by atoms with Gasteiger partial charge in [-0.15, -0.1) is 0 Å². The molecule has 0 radical (unpaired) electrons. The molecule has 0 amide bonds. The number of benzene rings is 1. The minimum atomic E-state index is 0.788. The number of anilines is 1. The van der Waals surface area contributed by atoms with E-state index in [2.05, 4.69) is 41.2 Å². The molecule has 2 nitrogen and oxygen atoms in total. The van der Waals surface area contributed by atoms with Crippen LogP contribution in [0.1, 0.15) is 37.4 Å². The van der Waals surface area contributed by atoms with E-state index in [-0.39, 0.29) is 0 Å². The summed E-state index contributed by atoms with van der Waals surface area (Å²) in [5, 5.41) is 3.41. The Morgan fingerprint density at radius 1 is 1.10 bits per heavy atom. The molecule has 102 valence electrons. The van der Waals surface area contributed by atoms with E-state index in [1.807, 2.05) is 30.3 Å². The molecular formula is C18H20N2. The van der Waals surface area contributed by atoms with Crippen LogP contribution >= 0.6 is 0 Å². The fourth-order valence-corrected chi connectivity index (χ4v) is 1.85. The van der Waals surface area contributed by atoms with Crippen molar-refractivity contribution in [1.29, 1.82) is 0 Å². The first kappa shape index (κ1) is 14.1. The molecule has 2 heteroatoms. The maximum absolute atomic E-state index is 4.35. The molecule has 2 rings (SSSR count). The van der Waals surface area contributed by atoms with E-state index in [1.54, 1.807) is 6.20 Å². The van der Waals surface area contributed by atoms with Crippen LogP contribution in [0.15, 0.2) is 48.7 Å². The van der Waals surface area contributed by atoms with E-state index < -0.39 is 0 Å². The zero-order valence-corrected chi connectivity index (χ0v) is 11.9. The standard InChI is InChI=1S/C18H20N2/c1-2-3-4-8-12-17-18(13-9-14-19-17)20-15-16-10-6-5-7-11-16/h5-7,9-11,13-14,20H,2-4,15H2,1H3. The fraction of sp³-hybridized carbons (Fsp3) is 0.278. The van der Waals surface area contributed by atoms with Gasteiger partial charge in [0.2, 0.25) is 0 Å². The van der Waals surface area contributed by atoms with Crippen molar-refractivity contribution in [3.05, 3.63) is 59.9 Å². The predicted molar refractivity (Wildman–Crippen MR) is 84.4 cm³/mol. The summed E-state index contributed by atoms with van der Waals surface area (Å²) >= 11 is 0. The lowest BCUT2D eigenvalue weighted by molar-refractivity contribution is 0.828. The summed E-state index contributed by atoms with van der Waals surface area (Å²) in [5.41, 5.74) is 3.08. The van der Waals surface area contributed by atoms with Crippen LogP contribution in [0.2, 0.25) is 0 Å². The maximum Gasteiger partial charge on any atom is 0.136 e. The van der Waals surface area contributed by atoms with E-state index in [1.165, 1.54) is 12.0 Å². The number of nitrogens with zero attached hydrogens (tertiary/aromatic N) is 1. The SMILES string of the molecule is CCCCC#Cc1ncccc1NCc1ccccc1. The highest BCUT2D eigenvalue weighted by molar-refractivity contribution is 5.55. The lowest BCUT2D eigenvalue weighted by Gasteiger charge is -2.07.